The molecule has 0 saturated heterocycles. The van der Waals surface area contributed by atoms with Crippen molar-refractivity contribution in [2.45, 2.75) is 38.6 Å². The zero-order valence-corrected chi connectivity index (χ0v) is 9.50. The van der Waals surface area contributed by atoms with Gasteiger partial charge < -0.3 is 10.1 Å². The van der Waals surface area contributed by atoms with Gasteiger partial charge in [-0.05, 0) is 25.7 Å². The molecule has 1 rings (SSSR count). The minimum atomic E-state index is -0.134. The van der Waals surface area contributed by atoms with Gasteiger partial charge in [0.15, 0.2) is 0 Å². The topological polar surface area (TPSA) is 38.3 Å². The molecule has 1 atom stereocenters. The highest BCUT2D eigenvalue weighted by Crippen LogP contribution is 2.28. The van der Waals surface area contributed by atoms with Gasteiger partial charge in [0.05, 0.1) is 6.61 Å². The Kier molecular flexibility index (Phi) is 5.40. The van der Waals surface area contributed by atoms with Crippen LogP contribution in [0.2, 0.25) is 0 Å². The quantitative estimate of drug-likeness (QED) is 0.538. The lowest BCUT2D eigenvalue weighted by Crippen LogP contribution is -2.43. The summed E-state index contributed by atoms with van der Waals surface area (Å²) in [6.07, 6.45) is 6.51. The first kappa shape index (κ1) is 12.2. The van der Waals surface area contributed by atoms with Crippen LogP contribution >= 0.6 is 0 Å². The number of nitrogens with one attached hydrogen (secondary N) is 1. The number of carbonyl (C=O) groups is 1. The van der Waals surface area contributed by atoms with Crippen molar-refractivity contribution in [3.8, 4) is 0 Å². The second-order valence-electron chi connectivity index (χ2n) is 3.97. The summed E-state index contributed by atoms with van der Waals surface area (Å²) in [4.78, 5) is 11.7. The van der Waals surface area contributed by atoms with Crippen molar-refractivity contribution in [3.05, 3.63) is 12.7 Å². The van der Waals surface area contributed by atoms with E-state index in [0.29, 0.717) is 19.1 Å². The molecule has 0 aromatic carbocycles. The minimum Gasteiger partial charge on any atom is -0.465 e. The monoisotopic (exact) mass is 211 g/mol. The van der Waals surface area contributed by atoms with Crippen LogP contribution in [0.1, 0.15) is 32.6 Å². The van der Waals surface area contributed by atoms with Crippen molar-refractivity contribution >= 4 is 5.97 Å². The van der Waals surface area contributed by atoms with Crippen LogP contribution in [0.25, 0.3) is 0 Å². The van der Waals surface area contributed by atoms with Gasteiger partial charge in [-0.3, -0.25) is 4.79 Å². The first-order chi connectivity index (χ1) is 7.29. The number of esters is 1. The Morgan fingerprint density at radius 2 is 2.27 bits per heavy atom. The number of rotatable bonds is 6. The highest BCUT2D eigenvalue weighted by Gasteiger charge is 2.30. The van der Waals surface area contributed by atoms with Crippen molar-refractivity contribution in [1.82, 2.24) is 5.32 Å². The number of ether oxygens (including phenoxy) is 1. The number of hydrogen-bond donors (Lipinski definition) is 1. The molecule has 1 aliphatic rings. The molecule has 0 aromatic heterocycles. The molecule has 15 heavy (non-hydrogen) atoms. The van der Waals surface area contributed by atoms with E-state index in [1.54, 1.807) is 6.08 Å². The van der Waals surface area contributed by atoms with Gasteiger partial charge in [-0.1, -0.05) is 18.9 Å². The minimum absolute atomic E-state index is 0.105. The average molecular weight is 211 g/mol. The Morgan fingerprint density at radius 1 is 1.60 bits per heavy atom. The molecule has 86 valence electrons. The summed E-state index contributed by atoms with van der Waals surface area (Å²) >= 11 is 0. The molecule has 0 aromatic rings. The van der Waals surface area contributed by atoms with E-state index in [2.05, 4.69) is 11.9 Å². The van der Waals surface area contributed by atoms with Crippen LogP contribution in [0.5, 0.6) is 0 Å². The Morgan fingerprint density at radius 3 is 2.80 bits per heavy atom. The average Bonchev–Trinajstić information content (AvgIpc) is 2.72. The van der Waals surface area contributed by atoms with Crippen molar-refractivity contribution in [2.75, 3.05) is 13.2 Å². The molecular formula is C12H21NO2. The molecule has 1 fully saturated rings. The standard InChI is InChI=1S/C12H21NO2/c1-3-9-13-11(12(14)15-4-2)10-7-5-6-8-10/h3,10-11,13H,1,4-9H2,2H3. The summed E-state index contributed by atoms with van der Waals surface area (Å²) < 4.78 is 5.08. The first-order valence-corrected chi connectivity index (χ1v) is 5.80. The molecule has 0 radical (unpaired) electrons. The Hall–Kier alpha value is -0.830. The summed E-state index contributed by atoms with van der Waals surface area (Å²) in [6.45, 7) is 6.62. The maximum Gasteiger partial charge on any atom is 0.323 e. The molecule has 1 aliphatic carbocycles. The molecule has 0 spiro atoms. The first-order valence-electron chi connectivity index (χ1n) is 5.80. The van der Waals surface area contributed by atoms with Crippen LogP contribution in [0.3, 0.4) is 0 Å². The number of hydrogen-bond acceptors (Lipinski definition) is 3. The fourth-order valence-electron chi connectivity index (χ4n) is 2.18. The van der Waals surface area contributed by atoms with E-state index in [9.17, 15) is 4.79 Å². The summed E-state index contributed by atoms with van der Waals surface area (Å²) in [6, 6.07) is -0.134. The highest BCUT2D eigenvalue weighted by molar-refractivity contribution is 5.76. The van der Waals surface area contributed by atoms with Crippen LogP contribution in [0.4, 0.5) is 0 Å². The lowest BCUT2D eigenvalue weighted by molar-refractivity contribution is -0.147. The molecule has 1 N–H and O–H groups in total. The second-order valence-corrected chi connectivity index (χ2v) is 3.97. The van der Waals surface area contributed by atoms with E-state index >= 15 is 0 Å². The van der Waals surface area contributed by atoms with Crippen LogP contribution in [-0.4, -0.2) is 25.2 Å². The van der Waals surface area contributed by atoms with Crippen LogP contribution < -0.4 is 5.32 Å². The lowest BCUT2D eigenvalue weighted by Gasteiger charge is -2.22. The molecule has 3 nitrogen and oxygen atoms in total. The molecule has 0 amide bonds. The highest BCUT2D eigenvalue weighted by atomic mass is 16.5. The van der Waals surface area contributed by atoms with Gasteiger partial charge in [-0.15, -0.1) is 6.58 Å². The predicted molar refractivity (Wildman–Crippen MR) is 60.6 cm³/mol. The molecule has 0 aliphatic heterocycles. The van der Waals surface area contributed by atoms with Gasteiger partial charge in [0.2, 0.25) is 0 Å². The van der Waals surface area contributed by atoms with E-state index in [0.717, 1.165) is 12.8 Å². The summed E-state index contributed by atoms with van der Waals surface area (Å²) in [5.74, 6) is 0.343. The van der Waals surface area contributed by atoms with Crippen LogP contribution in [0, 0.1) is 5.92 Å². The molecule has 3 heteroatoms. The fraction of sp³-hybridized carbons (Fsp3) is 0.750. The normalized spacial score (nSPS) is 18.7. The van der Waals surface area contributed by atoms with Crippen molar-refractivity contribution < 1.29 is 9.53 Å². The Balaban J connectivity index is 2.50. The van der Waals surface area contributed by atoms with Gasteiger partial charge in [0.1, 0.15) is 6.04 Å². The number of carbonyl (C=O) groups excluding carboxylic acids is 1. The zero-order chi connectivity index (χ0) is 11.1. The van der Waals surface area contributed by atoms with Crippen LogP contribution in [-0.2, 0) is 9.53 Å². The van der Waals surface area contributed by atoms with Crippen molar-refractivity contribution in [3.63, 3.8) is 0 Å². The zero-order valence-electron chi connectivity index (χ0n) is 9.50. The SMILES string of the molecule is C=CCNC(C(=O)OCC)C1CCCC1. The maximum absolute atomic E-state index is 11.7. The van der Waals surface area contributed by atoms with Crippen molar-refractivity contribution in [1.29, 1.82) is 0 Å². The Bertz CT molecular complexity index is 210. The van der Waals surface area contributed by atoms with E-state index in [-0.39, 0.29) is 12.0 Å². The van der Waals surface area contributed by atoms with E-state index in [4.69, 9.17) is 4.74 Å². The molecule has 1 saturated carbocycles. The molecule has 0 bridgehead atoms. The summed E-state index contributed by atoms with van der Waals surface area (Å²) in [5, 5.41) is 3.20. The molecule has 1 unspecified atom stereocenters. The van der Waals surface area contributed by atoms with E-state index < -0.39 is 0 Å². The predicted octanol–water partition coefficient (Wildman–Crippen LogP) is 1.88. The summed E-state index contributed by atoms with van der Waals surface area (Å²) in [5.41, 5.74) is 0. The van der Waals surface area contributed by atoms with Crippen LogP contribution in [0.15, 0.2) is 12.7 Å². The lowest BCUT2D eigenvalue weighted by atomic mass is 9.98. The van der Waals surface area contributed by atoms with Gasteiger partial charge in [-0.2, -0.15) is 0 Å². The van der Waals surface area contributed by atoms with E-state index in [1.165, 1.54) is 12.8 Å². The Labute approximate surface area is 91.9 Å². The van der Waals surface area contributed by atoms with E-state index in [1.807, 2.05) is 6.92 Å². The van der Waals surface area contributed by atoms with Gasteiger partial charge in [0.25, 0.3) is 0 Å². The molecule has 0 heterocycles. The third kappa shape index (κ3) is 3.67. The van der Waals surface area contributed by atoms with Gasteiger partial charge in [-0.25, -0.2) is 0 Å². The largest absolute Gasteiger partial charge is 0.465 e. The summed E-state index contributed by atoms with van der Waals surface area (Å²) in [7, 11) is 0. The third-order valence-electron chi connectivity index (χ3n) is 2.89. The molecular weight excluding hydrogens is 190 g/mol. The maximum atomic E-state index is 11.7. The van der Waals surface area contributed by atoms with Crippen molar-refractivity contribution in [2.24, 2.45) is 5.92 Å². The smallest absolute Gasteiger partial charge is 0.323 e. The fourth-order valence-corrected chi connectivity index (χ4v) is 2.18. The third-order valence-corrected chi connectivity index (χ3v) is 2.89. The van der Waals surface area contributed by atoms with Gasteiger partial charge in [0, 0.05) is 6.54 Å². The second kappa shape index (κ2) is 6.62. The van der Waals surface area contributed by atoms with Gasteiger partial charge >= 0.3 is 5.97 Å².